The summed E-state index contributed by atoms with van der Waals surface area (Å²) in [6.07, 6.45) is 2.12. The highest BCUT2D eigenvalue weighted by atomic mass is 79.9. The topological polar surface area (TPSA) is 21.3 Å². The Bertz CT molecular complexity index is 371. The summed E-state index contributed by atoms with van der Waals surface area (Å²) in [7, 11) is 0. The Morgan fingerprint density at radius 3 is 2.88 bits per heavy atom. The van der Waals surface area contributed by atoms with Crippen molar-refractivity contribution in [2.24, 2.45) is 5.92 Å². The highest BCUT2D eigenvalue weighted by Gasteiger charge is 2.15. The Labute approximate surface area is 107 Å². The number of halogens is 3. The minimum atomic E-state index is -0.582. The quantitative estimate of drug-likeness (QED) is 0.922. The molecule has 0 spiro atoms. The molecule has 94 valence electrons. The van der Waals surface area contributed by atoms with Crippen LogP contribution in [0.3, 0.4) is 0 Å². The van der Waals surface area contributed by atoms with E-state index in [9.17, 15) is 8.78 Å². The summed E-state index contributed by atoms with van der Waals surface area (Å²) in [5, 5.41) is 3.01. The zero-order valence-corrected chi connectivity index (χ0v) is 10.9. The molecule has 1 N–H and O–H groups in total. The second-order valence-corrected chi connectivity index (χ2v) is 5.06. The van der Waals surface area contributed by atoms with E-state index < -0.39 is 11.6 Å². The molecular weight excluding hydrogens is 292 g/mol. The van der Waals surface area contributed by atoms with Gasteiger partial charge >= 0.3 is 0 Å². The number of ether oxygens (including phenoxy) is 1. The maximum atomic E-state index is 13.5. The van der Waals surface area contributed by atoms with Crippen molar-refractivity contribution in [2.45, 2.75) is 12.8 Å². The molecule has 1 saturated heterocycles. The Balaban J connectivity index is 1.98. The van der Waals surface area contributed by atoms with Crippen LogP contribution in [0.25, 0.3) is 0 Å². The molecular formula is C12H14BrF2NO. The second kappa shape index (κ2) is 5.78. The summed E-state index contributed by atoms with van der Waals surface area (Å²) in [6.45, 7) is 2.15. The van der Waals surface area contributed by atoms with Crippen LogP contribution >= 0.6 is 15.9 Å². The first kappa shape index (κ1) is 12.8. The molecule has 0 bridgehead atoms. The number of rotatable bonds is 3. The van der Waals surface area contributed by atoms with Gasteiger partial charge in [-0.3, -0.25) is 0 Å². The summed E-state index contributed by atoms with van der Waals surface area (Å²) < 4.78 is 32.1. The Morgan fingerprint density at radius 1 is 1.41 bits per heavy atom. The average Bonchev–Trinajstić information content (AvgIpc) is 2.29. The Kier molecular flexibility index (Phi) is 4.34. The second-order valence-electron chi connectivity index (χ2n) is 4.21. The highest BCUT2D eigenvalue weighted by molar-refractivity contribution is 9.10. The van der Waals surface area contributed by atoms with Gasteiger partial charge in [0.2, 0.25) is 0 Å². The van der Waals surface area contributed by atoms with Crippen LogP contribution < -0.4 is 5.32 Å². The molecule has 1 aliphatic rings. The molecule has 5 heteroatoms. The number of anilines is 1. The van der Waals surface area contributed by atoms with E-state index in [1.54, 1.807) is 0 Å². The van der Waals surface area contributed by atoms with E-state index in [1.165, 1.54) is 6.07 Å². The maximum absolute atomic E-state index is 13.5. The average molecular weight is 306 g/mol. The van der Waals surface area contributed by atoms with Crippen LogP contribution in [0.4, 0.5) is 14.5 Å². The van der Waals surface area contributed by atoms with E-state index in [0.29, 0.717) is 29.2 Å². The van der Waals surface area contributed by atoms with Gasteiger partial charge in [0, 0.05) is 23.7 Å². The normalized spacial score (nSPS) is 20.3. The molecule has 1 fully saturated rings. The van der Waals surface area contributed by atoms with Gasteiger partial charge in [-0.15, -0.1) is 0 Å². The number of nitrogens with one attached hydrogen (secondary N) is 1. The third kappa shape index (κ3) is 3.39. The molecule has 1 aromatic carbocycles. The van der Waals surface area contributed by atoms with Crippen molar-refractivity contribution in [1.82, 2.24) is 0 Å². The molecule has 2 nitrogen and oxygen atoms in total. The molecule has 1 aliphatic heterocycles. The van der Waals surface area contributed by atoms with Gasteiger partial charge in [0.25, 0.3) is 0 Å². The van der Waals surface area contributed by atoms with Gasteiger partial charge in [-0.25, -0.2) is 8.78 Å². The molecule has 1 aromatic rings. The molecule has 17 heavy (non-hydrogen) atoms. The van der Waals surface area contributed by atoms with E-state index in [0.717, 1.165) is 25.5 Å². The predicted octanol–water partition coefficient (Wildman–Crippen LogP) is 3.57. The van der Waals surface area contributed by atoms with Crippen molar-refractivity contribution < 1.29 is 13.5 Å². The van der Waals surface area contributed by atoms with Crippen LogP contribution in [-0.2, 0) is 4.74 Å². The van der Waals surface area contributed by atoms with Crippen LogP contribution in [-0.4, -0.2) is 19.8 Å². The van der Waals surface area contributed by atoms with Crippen molar-refractivity contribution in [2.75, 3.05) is 25.1 Å². The zero-order valence-electron chi connectivity index (χ0n) is 9.31. The van der Waals surface area contributed by atoms with Crippen molar-refractivity contribution in [3.05, 3.63) is 28.2 Å². The standard InChI is InChI=1S/C12H14BrF2NO/c13-10-4-9(14)5-11(15)12(10)16-6-8-2-1-3-17-7-8/h4-5,8,16H,1-3,6-7H2. The minimum Gasteiger partial charge on any atom is -0.381 e. The van der Waals surface area contributed by atoms with Crippen molar-refractivity contribution in [3.63, 3.8) is 0 Å². The summed E-state index contributed by atoms with van der Waals surface area (Å²) in [5.41, 5.74) is 0.317. The van der Waals surface area contributed by atoms with Crippen molar-refractivity contribution in [1.29, 1.82) is 0 Å². The van der Waals surface area contributed by atoms with Gasteiger partial charge in [0.1, 0.15) is 11.6 Å². The number of hydrogen-bond acceptors (Lipinski definition) is 2. The van der Waals surface area contributed by atoms with E-state index in [4.69, 9.17) is 4.74 Å². The summed E-state index contributed by atoms with van der Waals surface area (Å²) in [6, 6.07) is 2.13. The molecule has 0 radical (unpaired) electrons. The maximum Gasteiger partial charge on any atom is 0.150 e. The number of benzene rings is 1. The van der Waals surface area contributed by atoms with E-state index in [-0.39, 0.29) is 0 Å². The molecule has 0 amide bonds. The monoisotopic (exact) mass is 305 g/mol. The molecule has 2 rings (SSSR count). The lowest BCUT2D eigenvalue weighted by Crippen LogP contribution is -2.24. The first-order valence-corrected chi connectivity index (χ1v) is 6.42. The lowest BCUT2D eigenvalue weighted by molar-refractivity contribution is 0.0595. The Morgan fingerprint density at radius 2 is 2.24 bits per heavy atom. The predicted molar refractivity (Wildman–Crippen MR) is 66.1 cm³/mol. The third-order valence-electron chi connectivity index (χ3n) is 2.83. The number of hydrogen-bond donors (Lipinski definition) is 1. The van der Waals surface area contributed by atoms with Gasteiger partial charge in [0.05, 0.1) is 12.3 Å². The van der Waals surface area contributed by atoms with Crippen LogP contribution in [0.15, 0.2) is 16.6 Å². The van der Waals surface area contributed by atoms with Crippen LogP contribution in [0.2, 0.25) is 0 Å². The first-order chi connectivity index (χ1) is 8.16. The molecule has 0 aliphatic carbocycles. The van der Waals surface area contributed by atoms with E-state index >= 15 is 0 Å². The fraction of sp³-hybridized carbons (Fsp3) is 0.500. The van der Waals surface area contributed by atoms with Gasteiger partial charge < -0.3 is 10.1 Å². The van der Waals surface area contributed by atoms with Crippen molar-refractivity contribution in [3.8, 4) is 0 Å². The van der Waals surface area contributed by atoms with Gasteiger partial charge in [-0.1, -0.05) is 0 Å². The van der Waals surface area contributed by atoms with Gasteiger partial charge in [-0.05, 0) is 40.8 Å². The summed E-state index contributed by atoms with van der Waals surface area (Å²) in [5.74, 6) is -0.769. The molecule has 0 saturated carbocycles. The molecule has 0 aromatic heterocycles. The lowest BCUT2D eigenvalue weighted by Gasteiger charge is -2.23. The lowest BCUT2D eigenvalue weighted by atomic mass is 10.0. The van der Waals surface area contributed by atoms with E-state index in [2.05, 4.69) is 21.2 Å². The van der Waals surface area contributed by atoms with Gasteiger partial charge in [-0.2, -0.15) is 0 Å². The molecule has 1 atom stereocenters. The Hall–Kier alpha value is -0.680. The van der Waals surface area contributed by atoms with Crippen LogP contribution in [0.1, 0.15) is 12.8 Å². The summed E-state index contributed by atoms with van der Waals surface area (Å²) in [4.78, 5) is 0. The zero-order chi connectivity index (χ0) is 12.3. The highest BCUT2D eigenvalue weighted by Crippen LogP contribution is 2.27. The SMILES string of the molecule is Fc1cc(F)c(NCC2CCCOC2)c(Br)c1. The fourth-order valence-corrected chi connectivity index (χ4v) is 2.47. The van der Waals surface area contributed by atoms with Crippen LogP contribution in [0.5, 0.6) is 0 Å². The smallest absolute Gasteiger partial charge is 0.150 e. The van der Waals surface area contributed by atoms with Crippen LogP contribution in [0, 0.1) is 17.6 Å². The summed E-state index contributed by atoms with van der Waals surface area (Å²) >= 11 is 3.15. The van der Waals surface area contributed by atoms with E-state index in [1.807, 2.05) is 0 Å². The third-order valence-corrected chi connectivity index (χ3v) is 3.45. The first-order valence-electron chi connectivity index (χ1n) is 5.63. The van der Waals surface area contributed by atoms with Gasteiger partial charge in [0.15, 0.2) is 0 Å². The fourth-order valence-electron chi connectivity index (χ4n) is 1.93. The molecule has 1 heterocycles. The molecule has 1 unspecified atom stereocenters. The van der Waals surface area contributed by atoms with Crippen molar-refractivity contribution >= 4 is 21.6 Å². The minimum absolute atomic E-state index is 0.317. The largest absolute Gasteiger partial charge is 0.381 e.